The van der Waals surface area contributed by atoms with Crippen LogP contribution in [0.5, 0.6) is 0 Å². The molecule has 0 saturated heterocycles. The SMILES string of the molecule is Cc1c(C#CCN)cccc1C(=O)NC(C)c1ccsc1. The molecule has 0 aliphatic heterocycles. The fraction of sp³-hybridized carbons (Fsp3) is 0.235. The second-order valence-electron chi connectivity index (χ2n) is 4.74. The Bertz CT molecular complexity index is 681. The first-order valence-corrected chi connectivity index (χ1v) is 7.69. The zero-order valence-electron chi connectivity index (χ0n) is 12.1. The summed E-state index contributed by atoms with van der Waals surface area (Å²) in [5.41, 5.74) is 8.89. The zero-order chi connectivity index (χ0) is 15.2. The highest BCUT2D eigenvalue weighted by molar-refractivity contribution is 7.07. The Labute approximate surface area is 129 Å². The van der Waals surface area contributed by atoms with Crippen molar-refractivity contribution in [2.45, 2.75) is 19.9 Å². The van der Waals surface area contributed by atoms with Gasteiger partial charge in [0.2, 0.25) is 0 Å². The minimum Gasteiger partial charge on any atom is -0.345 e. The molecule has 0 saturated carbocycles. The van der Waals surface area contributed by atoms with E-state index in [9.17, 15) is 4.79 Å². The van der Waals surface area contributed by atoms with Crippen molar-refractivity contribution in [3.05, 3.63) is 57.3 Å². The van der Waals surface area contributed by atoms with Crippen LogP contribution in [-0.4, -0.2) is 12.5 Å². The van der Waals surface area contributed by atoms with E-state index < -0.39 is 0 Å². The summed E-state index contributed by atoms with van der Waals surface area (Å²) in [6, 6.07) is 7.57. The van der Waals surface area contributed by atoms with Gasteiger partial charge in [-0.2, -0.15) is 11.3 Å². The van der Waals surface area contributed by atoms with Gasteiger partial charge in [0.25, 0.3) is 5.91 Å². The molecule has 0 fully saturated rings. The molecule has 1 aromatic heterocycles. The Morgan fingerprint density at radius 1 is 1.43 bits per heavy atom. The fourth-order valence-electron chi connectivity index (χ4n) is 2.04. The number of hydrogen-bond donors (Lipinski definition) is 2. The maximum absolute atomic E-state index is 12.4. The summed E-state index contributed by atoms with van der Waals surface area (Å²) in [6.45, 7) is 4.20. The molecule has 2 aromatic rings. The lowest BCUT2D eigenvalue weighted by molar-refractivity contribution is 0.0939. The first kappa shape index (κ1) is 15.3. The molecule has 1 heterocycles. The fourth-order valence-corrected chi connectivity index (χ4v) is 2.80. The van der Waals surface area contributed by atoms with Crippen molar-refractivity contribution in [1.29, 1.82) is 0 Å². The monoisotopic (exact) mass is 298 g/mol. The van der Waals surface area contributed by atoms with Crippen molar-refractivity contribution in [3.63, 3.8) is 0 Å². The Morgan fingerprint density at radius 3 is 2.90 bits per heavy atom. The van der Waals surface area contributed by atoms with Gasteiger partial charge in [0.15, 0.2) is 0 Å². The van der Waals surface area contributed by atoms with Gasteiger partial charge in [-0.25, -0.2) is 0 Å². The summed E-state index contributed by atoms with van der Waals surface area (Å²) in [7, 11) is 0. The number of carbonyl (C=O) groups is 1. The van der Waals surface area contributed by atoms with E-state index in [-0.39, 0.29) is 11.9 Å². The summed E-state index contributed by atoms with van der Waals surface area (Å²) in [5, 5.41) is 7.07. The molecule has 1 amide bonds. The van der Waals surface area contributed by atoms with Crippen molar-refractivity contribution in [2.24, 2.45) is 5.73 Å². The molecule has 0 aliphatic carbocycles. The minimum atomic E-state index is -0.0809. The highest BCUT2D eigenvalue weighted by Gasteiger charge is 2.14. The molecule has 1 unspecified atom stereocenters. The molecule has 0 aliphatic rings. The lowest BCUT2D eigenvalue weighted by Crippen LogP contribution is -2.27. The lowest BCUT2D eigenvalue weighted by Gasteiger charge is -2.14. The molecule has 0 radical (unpaired) electrons. The summed E-state index contributed by atoms with van der Waals surface area (Å²) in [5.74, 6) is 5.74. The Balaban J connectivity index is 2.19. The lowest BCUT2D eigenvalue weighted by atomic mass is 10.0. The quantitative estimate of drug-likeness (QED) is 0.856. The number of nitrogens with one attached hydrogen (secondary N) is 1. The molecular formula is C17H18N2OS. The van der Waals surface area contributed by atoms with Crippen LogP contribution >= 0.6 is 11.3 Å². The van der Waals surface area contributed by atoms with Crippen molar-refractivity contribution in [3.8, 4) is 11.8 Å². The zero-order valence-corrected chi connectivity index (χ0v) is 13.0. The number of amides is 1. The second-order valence-corrected chi connectivity index (χ2v) is 5.52. The van der Waals surface area contributed by atoms with E-state index in [1.807, 2.05) is 48.9 Å². The number of nitrogens with two attached hydrogens (primary N) is 1. The van der Waals surface area contributed by atoms with E-state index in [2.05, 4.69) is 17.2 Å². The molecule has 21 heavy (non-hydrogen) atoms. The van der Waals surface area contributed by atoms with Crippen molar-refractivity contribution in [2.75, 3.05) is 6.54 Å². The standard InChI is InChI=1S/C17H18N2OS/c1-12-14(6-4-9-18)5-3-7-16(12)17(20)19-13(2)15-8-10-21-11-15/h3,5,7-8,10-11,13H,9,18H2,1-2H3,(H,19,20). The van der Waals surface area contributed by atoms with Gasteiger partial charge in [0.1, 0.15) is 0 Å². The third kappa shape index (κ3) is 3.72. The molecule has 4 heteroatoms. The molecule has 3 nitrogen and oxygen atoms in total. The highest BCUT2D eigenvalue weighted by Crippen LogP contribution is 2.18. The molecule has 1 atom stereocenters. The van der Waals surface area contributed by atoms with E-state index in [1.165, 1.54) is 0 Å². The van der Waals surface area contributed by atoms with Crippen LogP contribution in [0, 0.1) is 18.8 Å². The first-order chi connectivity index (χ1) is 10.1. The van der Waals surface area contributed by atoms with Crippen LogP contribution in [-0.2, 0) is 0 Å². The van der Waals surface area contributed by atoms with Gasteiger partial charge in [-0.15, -0.1) is 0 Å². The smallest absolute Gasteiger partial charge is 0.252 e. The van der Waals surface area contributed by atoms with Gasteiger partial charge >= 0.3 is 0 Å². The van der Waals surface area contributed by atoms with Crippen LogP contribution in [0.25, 0.3) is 0 Å². The van der Waals surface area contributed by atoms with Crippen LogP contribution in [0.3, 0.4) is 0 Å². The first-order valence-electron chi connectivity index (χ1n) is 6.75. The number of thiophene rings is 1. The summed E-state index contributed by atoms with van der Waals surface area (Å²) in [6.07, 6.45) is 0. The normalized spacial score (nSPS) is 11.4. The van der Waals surface area contributed by atoms with E-state index in [0.717, 1.165) is 16.7 Å². The average molecular weight is 298 g/mol. The second kappa shape index (κ2) is 7.07. The number of hydrogen-bond acceptors (Lipinski definition) is 3. The van der Waals surface area contributed by atoms with Gasteiger partial charge in [0.05, 0.1) is 12.6 Å². The maximum Gasteiger partial charge on any atom is 0.252 e. The van der Waals surface area contributed by atoms with Gasteiger partial charge < -0.3 is 11.1 Å². The Kier molecular flexibility index (Phi) is 5.15. The van der Waals surface area contributed by atoms with Crippen LogP contribution < -0.4 is 11.1 Å². The molecule has 0 spiro atoms. The average Bonchev–Trinajstić information content (AvgIpc) is 3.00. The molecule has 1 aromatic carbocycles. The van der Waals surface area contributed by atoms with Crippen LogP contribution in [0.1, 0.15) is 40.0 Å². The predicted octanol–water partition coefficient (Wildman–Crippen LogP) is 2.86. The van der Waals surface area contributed by atoms with E-state index in [0.29, 0.717) is 12.1 Å². The molecule has 2 rings (SSSR count). The summed E-state index contributed by atoms with van der Waals surface area (Å²) >= 11 is 1.62. The largest absolute Gasteiger partial charge is 0.345 e. The molecule has 108 valence electrons. The number of rotatable bonds is 3. The van der Waals surface area contributed by atoms with Crippen molar-refractivity contribution < 1.29 is 4.79 Å². The van der Waals surface area contributed by atoms with E-state index in [4.69, 9.17) is 5.73 Å². The third-order valence-electron chi connectivity index (χ3n) is 3.29. The molecular weight excluding hydrogens is 280 g/mol. The van der Waals surface area contributed by atoms with Crippen LogP contribution in [0.15, 0.2) is 35.0 Å². The predicted molar refractivity (Wildman–Crippen MR) is 87.3 cm³/mol. The van der Waals surface area contributed by atoms with Gasteiger partial charge in [0, 0.05) is 11.1 Å². The van der Waals surface area contributed by atoms with Crippen LogP contribution in [0.4, 0.5) is 0 Å². The summed E-state index contributed by atoms with van der Waals surface area (Å²) in [4.78, 5) is 12.4. The van der Waals surface area contributed by atoms with Gasteiger partial charge in [-0.05, 0) is 53.9 Å². The van der Waals surface area contributed by atoms with Crippen LogP contribution in [0.2, 0.25) is 0 Å². The molecule has 0 bridgehead atoms. The Hall–Kier alpha value is -2.09. The molecule has 3 N–H and O–H groups in total. The number of benzene rings is 1. The van der Waals surface area contributed by atoms with E-state index in [1.54, 1.807) is 11.3 Å². The van der Waals surface area contributed by atoms with Crippen molar-refractivity contribution in [1.82, 2.24) is 5.32 Å². The van der Waals surface area contributed by atoms with Gasteiger partial charge in [-0.3, -0.25) is 4.79 Å². The van der Waals surface area contributed by atoms with E-state index >= 15 is 0 Å². The topological polar surface area (TPSA) is 55.1 Å². The number of carbonyl (C=O) groups excluding carboxylic acids is 1. The third-order valence-corrected chi connectivity index (χ3v) is 4.00. The maximum atomic E-state index is 12.4. The van der Waals surface area contributed by atoms with Gasteiger partial charge in [-0.1, -0.05) is 17.9 Å². The highest BCUT2D eigenvalue weighted by atomic mass is 32.1. The Morgan fingerprint density at radius 2 is 2.24 bits per heavy atom. The minimum absolute atomic E-state index is 0.0121. The van der Waals surface area contributed by atoms with Crippen molar-refractivity contribution >= 4 is 17.2 Å². The summed E-state index contributed by atoms with van der Waals surface area (Å²) < 4.78 is 0.